The Balaban J connectivity index is 2.11. The number of hydrogen-bond donors (Lipinski definition) is 3. The molecule has 0 saturated carbocycles. The van der Waals surface area contributed by atoms with Gasteiger partial charge < -0.3 is 10.3 Å². The maximum Gasteiger partial charge on any atom is 0.287 e. The third-order valence-electron chi connectivity index (χ3n) is 2.75. The fourth-order valence-electron chi connectivity index (χ4n) is 1.57. The molecule has 8 nitrogen and oxygen atoms in total. The highest BCUT2D eigenvalue weighted by Crippen LogP contribution is 2.22. The Labute approximate surface area is 114 Å². The number of amides is 1. The van der Waals surface area contributed by atoms with Crippen molar-refractivity contribution in [1.82, 2.24) is 15.2 Å². The fourth-order valence-corrected chi connectivity index (χ4v) is 1.57. The molecule has 0 aliphatic heterocycles. The van der Waals surface area contributed by atoms with Crippen LogP contribution in [0.1, 0.15) is 37.0 Å². The summed E-state index contributed by atoms with van der Waals surface area (Å²) in [5, 5.41) is 19.9. The molecule has 0 unspecified atom stereocenters. The van der Waals surface area contributed by atoms with Crippen LogP contribution in [0, 0.1) is 10.1 Å². The lowest BCUT2D eigenvalue weighted by atomic mass is 9.92. The number of nitrogens with one attached hydrogen (secondary N) is 3. The van der Waals surface area contributed by atoms with E-state index in [1.54, 1.807) is 6.07 Å². The van der Waals surface area contributed by atoms with Gasteiger partial charge in [0.1, 0.15) is 5.69 Å². The van der Waals surface area contributed by atoms with Crippen LogP contribution in [0.3, 0.4) is 0 Å². The van der Waals surface area contributed by atoms with Crippen LogP contribution in [0.15, 0.2) is 18.3 Å². The minimum atomic E-state index is -0.570. The van der Waals surface area contributed by atoms with Gasteiger partial charge in [-0.2, -0.15) is 5.10 Å². The van der Waals surface area contributed by atoms with Crippen LogP contribution in [0.5, 0.6) is 0 Å². The zero-order valence-corrected chi connectivity index (χ0v) is 11.4. The van der Waals surface area contributed by atoms with E-state index >= 15 is 0 Å². The summed E-state index contributed by atoms with van der Waals surface area (Å²) < 4.78 is 0. The second kappa shape index (κ2) is 4.80. The highest BCUT2D eigenvalue weighted by atomic mass is 16.6. The molecule has 8 heteroatoms. The summed E-state index contributed by atoms with van der Waals surface area (Å²) in [5.41, 5.74) is 0.719. The number of aromatic nitrogens is 3. The molecule has 2 heterocycles. The zero-order chi connectivity index (χ0) is 14.9. The van der Waals surface area contributed by atoms with Crippen LogP contribution < -0.4 is 5.32 Å². The summed E-state index contributed by atoms with van der Waals surface area (Å²) in [6.07, 6.45) is 1.17. The van der Waals surface area contributed by atoms with E-state index in [4.69, 9.17) is 0 Å². The molecule has 0 aromatic carbocycles. The fraction of sp³-hybridized carbons (Fsp3) is 0.333. The van der Waals surface area contributed by atoms with Gasteiger partial charge in [-0.3, -0.25) is 20.0 Å². The molecule has 2 aromatic heterocycles. The van der Waals surface area contributed by atoms with Crippen molar-refractivity contribution in [2.75, 3.05) is 5.32 Å². The number of carbonyl (C=O) groups is 1. The summed E-state index contributed by atoms with van der Waals surface area (Å²) in [4.78, 5) is 24.4. The van der Waals surface area contributed by atoms with Crippen molar-refractivity contribution in [1.29, 1.82) is 0 Å². The third kappa shape index (κ3) is 2.85. The van der Waals surface area contributed by atoms with Crippen molar-refractivity contribution in [3.05, 3.63) is 39.8 Å². The molecule has 0 radical (unpaired) electrons. The first-order valence-corrected chi connectivity index (χ1v) is 5.97. The molecule has 0 saturated heterocycles. The summed E-state index contributed by atoms with van der Waals surface area (Å²) >= 11 is 0. The van der Waals surface area contributed by atoms with Crippen LogP contribution in [0.2, 0.25) is 0 Å². The van der Waals surface area contributed by atoms with Gasteiger partial charge in [-0.25, -0.2) is 0 Å². The Morgan fingerprint density at radius 2 is 2.10 bits per heavy atom. The number of aromatic amines is 2. The summed E-state index contributed by atoms with van der Waals surface area (Å²) in [5.74, 6) is -0.109. The molecule has 2 rings (SSSR count). The summed E-state index contributed by atoms with van der Waals surface area (Å²) in [6, 6.07) is 2.90. The van der Waals surface area contributed by atoms with Gasteiger partial charge in [-0.15, -0.1) is 0 Å². The van der Waals surface area contributed by atoms with Crippen LogP contribution in [0.25, 0.3) is 0 Å². The number of nitrogens with zero attached hydrogens (tertiary/aromatic N) is 2. The first-order chi connectivity index (χ1) is 9.27. The van der Waals surface area contributed by atoms with E-state index in [-0.39, 0.29) is 16.8 Å². The van der Waals surface area contributed by atoms with Crippen LogP contribution >= 0.6 is 0 Å². The molecule has 0 aliphatic carbocycles. The minimum absolute atomic E-state index is 0.108. The maximum atomic E-state index is 11.9. The van der Waals surface area contributed by atoms with Gasteiger partial charge in [-0.1, -0.05) is 20.8 Å². The Kier molecular flexibility index (Phi) is 3.31. The predicted octanol–water partition coefficient (Wildman–Crippen LogP) is 2.20. The van der Waals surface area contributed by atoms with Gasteiger partial charge in [-0.05, 0) is 0 Å². The van der Waals surface area contributed by atoms with Crippen molar-refractivity contribution < 1.29 is 9.72 Å². The molecule has 2 aromatic rings. The highest BCUT2D eigenvalue weighted by molar-refractivity contribution is 6.02. The van der Waals surface area contributed by atoms with E-state index in [2.05, 4.69) is 20.5 Å². The molecule has 3 N–H and O–H groups in total. The lowest BCUT2D eigenvalue weighted by Crippen LogP contribution is -2.12. The first kappa shape index (κ1) is 13.8. The molecular formula is C12H15N5O3. The van der Waals surface area contributed by atoms with E-state index in [1.165, 1.54) is 12.3 Å². The van der Waals surface area contributed by atoms with Gasteiger partial charge in [0, 0.05) is 23.2 Å². The molecule has 106 valence electrons. The number of H-pyrrole nitrogens is 2. The second-order valence-electron chi connectivity index (χ2n) is 5.40. The van der Waals surface area contributed by atoms with Crippen molar-refractivity contribution in [2.45, 2.75) is 26.2 Å². The molecule has 1 amide bonds. The number of nitro groups is 1. The molecular weight excluding hydrogens is 262 g/mol. The zero-order valence-electron chi connectivity index (χ0n) is 11.4. The highest BCUT2D eigenvalue weighted by Gasteiger charge is 2.19. The van der Waals surface area contributed by atoms with Crippen molar-refractivity contribution in [3.8, 4) is 0 Å². The summed E-state index contributed by atoms with van der Waals surface area (Å²) in [6.45, 7) is 6.04. The number of carbonyl (C=O) groups excluding carboxylic acids is 1. The van der Waals surface area contributed by atoms with Gasteiger partial charge in [0.25, 0.3) is 11.6 Å². The number of rotatable bonds is 3. The molecule has 0 aliphatic rings. The lowest BCUT2D eigenvalue weighted by Gasteiger charge is -2.14. The predicted molar refractivity (Wildman–Crippen MR) is 72.7 cm³/mol. The first-order valence-electron chi connectivity index (χ1n) is 5.97. The van der Waals surface area contributed by atoms with Crippen LogP contribution in [0.4, 0.5) is 11.5 Å². The maximum absolute atomic E-state index is 11.9. The van der Waals surface area contributed by atoms with Gasteiger partial charge >= 0.3 is 0 Å². The monoisotopic (exact) mass is 277 g/mol. The molecule has 20 heavy (non-hydrogen) atoms. The van der Waals surface area contributed by atoms with Crippen molar-refractivity contribution in [3.63, 3.8) is 0 Å². The van der Waals surface area contributed by atoms with Crippen LogP contribution in [-0.4, -0.2) is 26.0 Å². The quantitative estimate of drug-likeness (QED) is 0.588. The van der Waals surface area contributed by atoms with Gasteiger partial charge in [0.2, 0.25) is 0 Å². The average molecular weight is 277 g/mol. The number of anilines is 1. The largest absolute Gasteiger partial charge is 0.351 e. The second-order valence-corrected chi connectivity index (χ2v) is 5.40. The Hall–Kier alpha value is -2.64. The molecule has 0 atom stereocenters. The third-order valence-corrected chi connectivity index (χ3v) is 2.75. The SMILES string of the molecule is CC(C)(C)c1cc(NC(=O)c2cc([N+](=O)[O-])c[nH]2)n[nH]1. The standard InChI is InChI=1S/C12H15N5O3/c1-12(2,3)9-5-10(16-15-9)14-11(18)8-4-7(6-13-8)17(19)20/h4-6,13H,1-3H3,(H2,14,15,16,18). The average Bonchev–Trinajstić information content (AvgIpc) is 2.95. The lowest BCUT2D eigenvalue weighted by molar-refractivity contribution is -0.384. The Bertz CT molecular complexity index is 650. The van der Waals surface area contributed by atoms with E-state index in [0.717, 1.165) is 5.69 Å². The number of hydrogen-bond acceptors (Lipinski definition) is 4. The van der Waals surface area contributed by atoms with E-state index in [9.17, 15) is 14.9 Å². The molecule has 0 bridgehead atoms. The van der Waals surface area contributed by atoms with Gasteiger partial charge in [0.15, 0.2) is 5.82 Å². The van der Waals surface area contributed by atoms with Crippen molar-refractivity contribution in [2.24, 2.45) is 0 Å². The smallest absolute Gasteiger partial charge is 0.287 e. The van der Waals surface area contributed by atoms with E-state index in [0.29, 0.717) is 5.82 Å². The Morgan fingerprint density at radius 3 is 2.60 bits per heavy atom. The van der Waals surface area contributed by atoms with Gasteiger partial charge in [0.05, 0.1) is 11.1 Å². The Morgan fingerprint density at radius 1 is 1.40 bits per heavy atom. The topological polar surface area (TPSA) is 117 Å². The van der Waals surface area contributed by atoms with E-state index in [1.807, 2.05) is 20.8 Å². The van der Waals surface area contributed by atoms with Crippen LogP contribution in [-0.2, 0) is 5.41 Å². The van der Waals surface area contributed by atoms with Crippen molar-refractivity contribution >= 4 is 17.4 Å². The van der Waals surface area contributed by atoms with E-state index < -0.39 is 10.8 Å². The normalized spacial score (nSPS) is 11.3. The minimum Gasteiger partial charge on any atom is -0.351 e. The molecule has 0 spiro atoms. The molecule has 0 fully saturated rings. The summed E-state index contributed by atoms with van der Waals surface area (Å²) in [7, 11) is 0.